The van der Waals surface area contributed by atoms with Crippen LogP contribution in [0, 0.1) is 0 Å². The van der Waals surface area contributed by atoms with Crippen molar-refractivity contribution in [1.29, 1.82) is 0 Å². The molecule has 1 amide bonds. The van der Waals surface area contributed by atoms with Crippen molar-refractivity contribution in [3.8, 4) is 11.8 Å². The maximum absolute atomic E-state index is 12.6. The Morgan fingerprint density at radius 2 is 1.41 bits per heavy atom. The summed E-state index contributed by atoms with van der Waals surface area (Å²) in [5, 5.41) is 19.4. The standard InChI is InChI=1S/C20H18N2O5/c23-17-11-12-18(24)22(17)19(25)13-21(16-9-5-2-6-10-16)20(26)27-14-15-7-3-1-4-8-15/h1-12,23-24H,13-14H2. The van der Waals surface area contributed by atoms with Gasteiger partial charge in [0.2, 0.25) is 11.8 Å². The molecule has 0 radical (unpaired) electrons. The molecule has 0 saturated heterocycles. The first-order valence-electron chi connectivity index (χ1n) is 8.22. The molecule has 2 aromatic carbocycles. The molecule has 0 fully saturated rings. The van der Waals surface area contributed by atoms with Crippen molar-refractivity contribution >= 4 is 17.7 Å². The number of hydrogen-bond acceptors (Lipinski definition) is 5. The highest BCUT2D eigenvalue weighted by Gasteiger charge is 2.24. The molecular weight excluding hydrogens is 348 g/mol. The number of aromatic nitrogens is 1. The molecule has 3 aromatic rings. The molecular formula is C20H18N2O5. The molecule has 0 spiro atoms. The first-order valence-corrected chi connectivity index (χ1v) is 8.22. The fraction of sp³-hybridized carbons (Fsp3) is 0.100. The van der Waals surface area contributed by atoms with Crippen LogP contribution in [0.25, 0.3) is 0 Å². The van der Waals surface area contributed by atoms with Gasteiger partial charge in [0, 0.05) is 17.8 Å². The van der Waals surface area contributed by atoms with Crippen molar-refractivity contribution in [2.75, 3.05) is 11.4 Å². The third kappa shape index (κ3) is 4.27. The molecule has 7 nitrogen and oxygen atoms in total. The van der Waals surface area contributed by atoms with Gasteiger partial charge in [-0.2, -0.15) is 0 Å². The van der Waals surface area contributed by atoms with Gasteiger partial charge in [0.1, 0.15) is 13.2 Å². The summed E-state index contributed by atoms with van der Waals surface area (Å²) in [5.74, 6) is -1.51. The first kappa shape index (κ1) is 18.1. The van der Waals surface area contributed by atoms with E-state index >= 15 is 0 Å². The first-order chi connectivity index (χ1) is 13.1. The second-order valence-electron chi connectivity index (χ2n) is 5.74. The fourth-order valence-electron chi connectivity index (χ4n) is 2.54. The molecule has 138 valence electrons. The summed E-state index contributed by atoms with van der Waals surface area (Å²) in [6.45, 7) is -0.370. The van der Waals surface area contributed by atoms with Crippen LogP contribution in [0.3, 0.4) is 0 Å². The summed E-state index contributed by atoms with van der Waals surface area (Å²) in [7, 11) is 0. The van der Waals surface area contributed by atoms with Crippen LogP contribution in [0.15, 0.2) is 72.8 Å². The smallest absolute Gasteiger partial charge is 0.415 e. The van der Waals surface area contributed by atoms with Crippen molar-refractivity contribution in [2.24, 2.45) is 0 Å². The molecule has 0 saturated carbocycles. The Hall–Kier alpha value is -3.74. The van der Waals surface area contributed by atoms with E-state index in [1.807, 2.05) is 30.3 Å². The van der Waals surface area contributed by atoms with Crippen LogP contribution in [0.1, 0.15) is 10.4 Å². The number of ether oxygens (including phenoxy) is 1. The lowest BCUT2D eigenvalue weighted by atomic mass is 10.2. The predicted molar refractivity (Wildman–Crippen MR) is 98.8 cm³/mol. The van der Waals surface area contributed by atoms with E-state index in [1.54, 1.807) is 30.3 Å². The van der Waals surface area contributed by atoms with Gasteiger partial charge in [0.15, 0.2) is 0 Å². The Kier molecular flexibility index (Phi) is 5.41. The molecule has 7 heteroatoms. The highest BCUT2D eigenvalue weighted by atomic mass is 16.6. The van der Waals surface area contributed by atoms with Crippen molar-refractivity contribution < 1.29 is 24.5 Å². The average molecular weight is 366 g/mol. The molecule has 3 rings (SSSR count). The van der Waals surface area contributed by atoms with Gasteiger partial charge in [-0.05, 0) is 17.7 Å². The van der Waals surface area contributed by atoms with Crippen LogP contribution >= 0.6 is 0 Å². The van der Waals surface area contributed by atoms with Crippen molar-refractivity contribution in [1.82, 2.24) is 4.57 Å². The zero-order valence-electron chi connectivity index (χ0n) is 14.4. The SMILES string of the molecule is O=C(OCc1ccccc1)N(CC(=O)n1c(O)ccc1O)c1ccccc1. The van der Waals surface area contributed by atoms with E-state index in [0.717, 1.165) is 15.0 Å². The van der Waals surface area contributed by atoms with Crippen LogP contribution in [-0.2, 0) is 11.3 Å². The minimum atomic E-state index is -0.718. The van der Waals surface area contributed by atoms with Gasteiger partial charge in [-0.1, -0.05) is 48.5 Å². The Balaban J connectivity index is 1.79. The number of anilines is 1. The van der Waals surface area contributed by atoms with E-state index in [-0.39, 0.29) is 6.61 Å². The van der Waals surface area contributed by atoms with E-state index in [2.05, 4.69) is 0 Å². The summed E-state index contributed by atoms with van der Waals surface area (Å²) >= 11 is 0. The summed E-state index contributed by atoms with van der Waals surface area (Å²) in [5.41, 5.74) is 1.26. The molecule has 1 aromatic heterocycles. The van der Waals surface area contributed by atoms with E-state index in [1.165, 1.54) is 12.1 Å². The number of para-hydroxylation sites is 1. The van der Waals surface area contributed by atoms with E-state index in [4.69, 9.17) is 4.74 Å². The van der Waals surface area contributed by atoms with Gasteiger partial charge in [-0.25, -0.2) is 9.36 Å². The van der Waals surface area contributed by atoms with Crippen LogP contribution < -0.4 is 4.90 Å². The average Bonchev–Trinajstić information content (AvgIpc) is 3.04. The van der Waals surface area contributed by atoms with Gasteiger partial charge in [-0.15, -0.1) is 0 Å². The molecule has 0 aliphatic carbocycles. The number of hydrogen-bond donors (Lipinski definition) is 2. The monoisotopic (exact) mass is 366 g/mol. The summed E-state index contributed by atoms with van der Waals surface area (Å²) < 4.78 is 6.05. The largest absolute Gasteiger partial charge is 0.494 e. The quantitative estimate of drug-likeness (QED) is 0.722. The fourth-order valence-corrected chi connectivity index (χ4v) is 2.54. The van der Waals surface area contributed by atoms with Gasteiger partial charge in [-0.3, -0.25) is 9.69 Å². The molecule has 0 aliphatic heterocycles. The molecule has 0 bridgehead atoms. The minimum absolute atomic E-state index is 0.0528. The highest BCUT2D eigenvalue weighted by Crippen LogP contribution is 2.22. The predicted octanol–water partition coefficient (Wildman–Crippen LogP) is 3.38. The number of nitrogens with zero attached hydrogens (tertiary/aromatic N) is 2. The number of carbonyl (C=O) groups excluding carboxylic acids is 2. The minimum Gasteiger partial charge on any atom is -0.494 e. The van der Waals surface area contributed by atoms with Crippen LogP contribution in [-0.4, -0.2) is 33.3 Å². The lowest BCUT2D eigenvalue weighted by molar-refractivity contribution is 0.0893. The molecule has 0 unspecified atom stereocenters. The molecule has 0 atom stereocenters. The second-order valence-corrected chi connectivity index (χ2v) is 5.74. The molecule has 27 heavy (non-hydrogen) atoms. The normalized spacial score (nSPS) is 10.4. The van der Waals surface area contributed by atoms with Gasteiger partial charge < -0.3 is 14.9 Å². The summed E-state index contributed by atoms with van der Waals surface area (Å²) in [6.07, 6.45) is -0.718. The number of aromatic hydroxyl groups is 2. The molecule has 0 aliphatic rings. The van der Waals surface area contributed by atoms with Crippen LogP contribution in [0.5, 0.6) is 11.8 Å². The third-order valence-corrected chi connectivity index (χ3v) is 3.88. The zero-order chi connectivity index (χ0) is 19.2. The number of rotatable bonds is 5. The van der Waals surface area contributed by atoms with Crippen LogP contribution in [0.4, 0.5) is 10.5 Å². The van der Waals surface area contributed by atoms with Crippen LogP contribution in [0.2, 0.25) is 0 Å². The lowest BCUT2D eigenvalue weighted by Crippen LogP contribution is -2.37. The van der Waals surface area contributed by atoms with E-state index in [9.17, 15) is 19.8 Å². The number of amides is 1. The van der Waals surface area contributed by atoms with Crippen molar-refractivity contribution in [3.63, 3.8) is 0 Å². The number of benzene rings is 2. The third-order valence-electron chi connectivity index (χ3n) is 3.88. The van der Waals surface area contributed by atoms with Gasteiger partial charge in [0.05, 0.1) is 0 Å². The Bertz CT molecular complexity index is 903. The second kappa shape index (κ2) is 8.09. The maximum atomic E-state index is 12.6. The van der Waals surface area contributed by atoms with Crippen molar-refractivity contribution in [2.45, 2.75) is 6.61 Å². The Labute approximate surface area is 155 Å². The highest BCUT2D eigenvalue weighted by molar-refractivity contribution is 5.96. The topological polar surface area (TPSA) is 92.0 Å². The van der Waals surface area contributed by atoms with Crippen molar-refractivity contribution in [3.05, 3.63) is 78.4 Å². The summed E-state index contributed by atoms with van der Waals surface area (Å²) in [4.78, 5) is 26.3. The van der Waals surface area contributed by atoms with E-state index in [0.29, 0.717) is 5.69 Å². The van der Waals surface area contributed by atoms with E-state index < -0.39 is 30.3 Å². The molecule has 1 heterocycles. The Morgan fingerprint density at radius 3 is 2.00 bits per heavy atom. The van der Waals surface area contributed by atoms with Gasteiger partial charge >= 0.3 is 6.09 Å². The zero-order valence-corrected chi connectivity index (χ0v) is 14.4. The van der Waals surface area contributed by atoms with Gasteiger partial charge in [0.25, 0.3) is 5.91 Å². The lowest BCUT2D eigenvalue weighted by Gasteiger charge is -2.22. The summed E-state index contributed by atoms with van der Waals surface area (Å²) in [6, 6.07) is 20.1. The molecule has 2 N–H and O–H groups in total. The Morgan fingerprint density at radius 1 is 0.852 bits per heavy atom. The maximum Gasteiger partial charge on any atom is 0.415 e. The number of carbonyl (C=O) groups is 2.